The molecule has 0 heterocycles. The maximum Gasteiger partial charge on any atom is 0.191 e. The first-order valence-corrected chi connectivity index (χ1v) is 6.22. The van der Waals surface area contributed by atoms with Crippen LogP contribution in [0.25, 0.3) is 0 Å². The second kappa shape index (κ2) is 13.1. The summed E-state index contributed by atoms with van der Waals surface area (Å²) in [6, 6.07) is 0. The van der Waals surface area contributed by atoms with Crippen molar-refractivity contribution in [3.63, 3.8) is 0 Å². The normalized spacial score (nSPS) is 11.2. The second-order valence-corrected chi connectivity index (χ2v) is 4.22. The van der Waals surface area contributed by atoms with Crippen molar-refractivity contribution in [3.8, 4) is 0 Å². The molecule has 0 bridgehead atoms. The summed E-state index contributed by atoms with van der Waals surface area (Å²) in [5.74, 6) is 1.75. The Bertz CT molecular complexity index is 170. The van der Waals surface area contributed by atoms with Crippen LogP contribution in [0, 0.1) is 5.92 Å². The Morgan fingerprint density at radius 3 is 2.38 bits per heavy atom. The summed E-state index contributed by atoms with van der Waals surface area (Å²) < 4.78 is 0. The van der Waals surface area contributed by atoms with Gasteiger partial charge in [0.05, 0.1) is 0 Å². The lowest BCUT2D eigenvalue weighted by Crippen LogP contribution is -2.37. The number of rotatable bonds is 7. The van der Waals surface area contributed by atoms with Crippen LogP contribution in [0.2, 0.25) is 0 Å². The fourth-order valence-electron chi connectivity index (χ4n) is 1.28. The van der Waals surface area contributed by atoms with E-state index in [0.717, 1.165) is 37.9 Å². The van der Waals surface area contributed by atoms with Crippen LogP contribution >= 0.6 is 24.0 Å². The van der Waals surface area contributed by atoms with E-state index in [4.69, 9.17) is 0 Å². The van der Waals surface area contributed by atoms with Gasteiger partial charge < -0.3 is 10.6 Å². The molecule has 0 aliphatic rings. The first-order chi connectivity index (χ1) is 7.20. The molecule has 2 N–H and O–H groups in total. The third-order valence-corrected chi connectivity index (χ3v) is 2.09. The summed E-state index contributed by atoms with van der Waals surface area (Å²) in [5.41, 5.74) is 0. The van der Waals surface area contributed by atoms with Crippen LogP contribution in [0.4, 0.5) is 0 Å². The van der Waals surface area contributed by atoms with Gasteiger partial charge in [0.25, 0.3) is 0 Å². The first-order valence-electron chi connectivity index (χ1n) is 6.22. The van der Waals surface area contributed by atoms with Gasteiger partial charge >= 0.3 is 0 Å². The van der Waals surface area contributed by atoms with E-state index in [1.54, 1.807) is 0 Å². The van der Waals surface area contributed by atoms with Crippen molar-refractivity contribution >= 4 is 29.9 Å². The number of hydrogen-bond acceptors (Lipinski definition) is 1. The minimum absolute atomic E-state index is 0. The van der Waals surface area contributed by atoms with Crippen LogP contribution in [0.3, 0.4) is 0 Å². The van der Waals surface area contributed by atoms with Crippen LogP contribution < -0.4 is 10.6 Å². The number of guanidine groups is 1. The van der Waals surface area contributed by atoms with Gasteiger partial charge in [-0.1, -0.05) is 20.8 Å². The highest BCUT2D eigenvalue weighted by Gasteiger charge is 1.97. The fraction of sp³-hybridized carbons (Fsp3) is 0.917. The molecule has 0 fully saturated rings. The van der Waals surface area contributed by atoms with Crippen molar-refractivity contribution in [2.75, 3.05) is 19.6 Å². The average molecular weight is 341 g/mol. The molecule has 0 spiro atoms. The minimum atomic E-state index is 0. The van der Waals surface area contributed by atoms with E-state index in [2.05, 4.69) is 43.3 Å². The van der Waals surface area contributed by atoms with Gasteiger partial charge in [0, 0.05) is 19.6 Å². The summed E-state index contributed by atoms with van der Waals surface area (Å²) in [7, 11) is 0. The maximum absolute atomic E-state index is 4.44. The summed E-state index contributed by atoms with van der Waals surface area (Å²) in [6.45, 7) is 11.6. The van der Waals surface area contributed by atoms with Gasteiger partial charge in [0.1, 0.15) is 0 Å². The van der Waals surface area contributed by atoms with Crippen molar-refractivity contribution in [1.29, 1.82) is 0 Å². The third kappa shape index (κ3) is 12.1. The SMILES string of the molecule is CCCN=C(NCC)NCCCC(C)C.I. The summed E-state index contributed by atoms with van der Waals surface area (Å²) >= 11 is 0. The van der Waals surface area contributed by atoms with Gasteiger partial charge in [0.2, 0.25) is 0 Å². The zero-order valence-electron chi connectivity index (χ0n) is 11.2. The topological polar surface area (TPSA) is 36.4 Å². The highest BCUT2D eigenvalue weighted by atomic mass is 127. The van der Waals surface area contributed by atoms with E-state index in [-0.39, 0.29) is 24.0 Å². The lowest BCUT2D eigenvalue weighted by molar-refractivity contribution is 0.549. The molecule has 0 rings (SSSR count). The Morgan fingerprint density at radius 2 is 1.88 bits per heavy atom. The monoisotopic (exact) mass is 341 g/mol. The first kappa shape index (κ1) is 18.4. The molecule has 4 heteroatoms. The molecule has 3 nitrogen and oxygen atoms in total. The smallest absolute Gasteiger partial charge is 0.191 e. The van der Waals surface area contributed by atoms with Crippen molar-refractivity contribution in [2.24, 2.45) is 10.9 Å². The summed E-state index contributed by atoms with van der Waals surface area (Å²) in [5, 5.41) is 6.59. The molecule has 0 amide bonds. The van der Waals surface area contributed by atoms with Crippen molar-refractivity contribution in [2.45, 2.75) is 47.0 Å². The molecular weight excluding hydrogens is 313 g/mol. The molecule has 0 unspecified atom stereocenters. The lowest BCUT2D eigenvalue weighted by atomic mass is 10.1. The molecule has 16 heavy (non-hydrogen) atoms. The van der Waals surface area contributed by atoms with E-state index < -0.39 is 0 Å². The van der Waals surface area contributed by atoms with E-state index in [1.165, 1.54) is 12.8 Å². The van der Waals surface area contributed by atoms with Gasteiger partial charge in [-0.25, -0.2) is 0 Å². The molecule has 0 saturated heterocycles. The fourth-order valence-corrected chi connectivity index (χ4v) is 1.28. The van der Waals surface area contributed by atoms with E-state index in [9.17, 15) is 0 Å². The van der Waals surface area contributed by atoms with E-state index in [1.807, 2.05) is 0 Å². The summed E-state index contributed by atoms with van der Waals surface area (Å²) in [6.07, 6.45) is 3.59. The zero-order chi connectivity index (χ0) is 11.5. The van der Waals surface area contributed by atoms with Gasteiger partial charge in [0.15, 0.2) is 5.96 Å². The average Bonchev–Trinajstić information content (AvgIpc) is 2.20. The molecular formula is C12H28IN3. The van der Waals surface area contributed by atoms with Crippen molar-refractivity contribution in [1.82, 2.24) is 10.6 Å². The Hall–Kier alpha value is 0. The molecule has 0 aliphatic heterocycles. The highest BCUT2D eigenvalue weighted by Crippen LogP contribution is 2.01. The number of hydrogen-bond donors (Lipinski definition) is 2. The number of nitrogens with zero attached hydrogens (tertiary/aromatic N) is 1. The Balaban J connectivity index is 0. The largest absolute Gasteiger partial charge is 0.357 e. The van der Waals surface area contributed by atoms with Crippen molar-refractivity contribution < 1.29 is 0 Å². The number of aliphatic imine (C=N–C) groups is 1. The number of nitrogens with one attached hydrogen (secondary N) is 2. The molecule has 98 valence electrons. The standard InChI is InChI=1S/C12H27N3.HI/c1-5-9-14-12(13-6-2)15-10-7-8-11(3)4;/h11H,5-10H2,1-4H3,(H2,13,14,15);1H. The van der Waals surface area contributed by atoms with Crippen LogP contribution in [0.1, 0.15) is 47.0 Å². The van der Waals surface area contributed by atoms with Crippen LogP contribution in [0.15, 0.2) is 4.99 Å². The Morgan fingerprint density at radius 1 is 1.19 bits per heavy atom. The predicted octanol–water partition coefficient (Wildman–Crippen LogP) is 3.01. The zero-order valence-corrected chi connectivity index (χ0v) is 13.5. The van der Waals surface area contributed by atoms with Gasteiger partial charge in [-0.15, -0.1) is 24.0 Å². The molecule has 0 aromatic rings. The highest BCUT2D eigenvalue weighted by molar-refractivity contribution is 14.0. The second-order valence-electron chi connectivity index (χ2n) is 4.22. The molecule has 0 aliphatic carbocycles. The predicted molar refractivity (Wildman–Crippen MR) is 83.8 cm³/mol. The van der Waals surface area contributed by atoms with E-state index >= 15 is 0 Å². The Kier molecular flexibility index (Phi) is 15.0. The Labute approximate surface area is 118 Å². The maximum atomic E-state index is 4.44. The van der Waals surface area contributed by atoms with Crippen molar-refractivity contribution in [3.05, 3.63) is 0 Å². The molecule has 0 aromatic heterocycles. The quantitative estimate of drug-likeness (QED) is 0.323. The summed E-state index contributed by atoms with van der Waals surface area (Å²) in [4.78, 5) is 4.44. The molecule has 0 aromatic carbocycles. The lowest BCUT2D eigenvalue weighted by Gasteiger charge is -2.11. The van der Waals surface area contributed by atoms with Crippen LogP contribution in [0.5, 0.6) is 0 Å². The van der Waals surface area contributed by atoms with Gasteiger partial charge in [-0.2, -0.15) is 0 Å². The third-order valence-electron chi connectivity index (χ3n) is 2.09. The van der Waals surface area contributed by atoms with Gasteiger partial charge in [-0.05, 0) is 32.1 Å². The molecule has 0 saturated carbocycles. The number of halogens is 1. The van der Waals surface area contributed by atoms with Gasteiger partial charge in [-0.3, -0.25) is 4.99 Å². The minimum Gasteiger partial charge on any atom is -0.357 e. The molecule has 0 radical (unpaired) electrons. The van der Waals surface area contributed by atoms with E-state index in [0.29, 0.717) is 0 Å². The molecule has 0 atom stereocenters. The van der Waals surface area contributed by atoms with Crippen LogP contribution in [-0.4, -0.2) is 25.6 Å². The van der Waals surface area contributed by atoms with Crippen LogP contribution in [-0.2, 0) is 0 Å².